The molecule has 29 heavy (non-hydrogen) atoms. The minimum absolute atomic E-state index is 0.104. The Hall–Kier alpha value is -3.25. The average molecular weight is 397 g/mol. The maximum absolute atomic E-state index is 12.5. The molecular formula is C23H23F2N2O2+. The van der Waals surface area contributed by atoms with Crippen molar-refractivity contribution in [2.45, 2.75) is 19.6 Å². The Morgan fingerprint density at radius 2 is 1.55 bits per heavy atom. The van der Waals surface area contributed by atoms with Crippen LogP contribution >= 0.6 is 0 Å². The van der Waals surface area contributed by atoms with E-state index in [2.05, 4.69) is 10.1 Å². The summed E-state index contributed by atoms with van der Waals surface area (Å²) in [4.78, 5) is 12.5. The van der Waals surface area contributed by atoms with Crippen molar-refractivity contribution >= 4 is 11.6 Å². The highest BCUT2D eigenvalue weighted by atomic mass is 19.3. The van der Waals surface area contributed by atoms with Crippen LogP contribution in [-0.2, 0) is 4.79 Å². The van der Waals surface area contributed by atoms with Gasteiger partial charge in [-0.1, -0.05) is 48.5 Å². The lowest BCUT2D eigenvalue weighted by atomic mass is 9.98. The maximum atomic E-state index is 12.5. The van der Waals surface area contributed by atoms with Gasteiger partial charge in [-0.05, 0) is 42.8 Å². The number of nitrogens with one attached hydrogen (secondary N) is 1. The van der Waals surface area contributed by atoms with E-state index in [4.69, 9.17) is 0 Å². The first-order chi connectivity index (χ1) is 14.0. The van der Waals surface area contributed by atoms with Crippen molar-refractivity contribution in [3.63, 3.8) is 0 Å². The summed E-state index contributed by atoms with van der Waals surface area (Å²) >= 11 is 0. The summed E-state index contributed by atoms with van der Waals surface area (Å²) < 4.78 is 29.2. The van der Waals surface area contributed by atoms with E-state index in [0.717, 1.165) is 22.4 Å². The van der Waals surface area contributed by atoms with Crippen LogP contribution in [0.3, 0.4) is 0 Å². The second-order valence-electron chi connectivity index (χ2n) is 6.64. The fourth-order valence-electron chi connectivity index (χ4n) is 3.12. The molecule has 150 valence electrons. The van der Waals surface area contributed by atoms with Crippen LogP contribution in [0.2, 0.25) is 0 Å². The lowest BCUT2D eigenvalue weighted by Crippen LogP contribution is -2.87. The van der Waals surface area contributed by atoms with Gasteiger partial charge in [0, 0.05) is 16.8 Å². The van der Waals surface area contributed by atoms with Gasteiger partial charge in [0.1, 0.15) is 11.8 Å². The summed E-state index contributed by atoms with van der Waals surface area (Å²) in [5.74, 6) is -0.00857. The van der Waals surface area contributed by atoms with Gasteiger partial charge in [-0.15, -0.1) is 0 Å². The molecule has 1 amide bonds. The number of benzene rings is 3. The Balaban J connectivity index is 1.73. The molecule has 0 aliphatic heterocycles. The van der Waals surface area contributed by atoms with Crippen molar-refractivity contribution in [2.24, 2.45) is 0 Å². The molecular weight excluding hydrogens is 374 g/mol. The molecule has 0 saturated heterocycles. The van der Waals surface area contributed by atoms with Gasteiger partial charge in [0.25, 0.3) is 5.91 Å². The molecule has 3 N–H and O–H groups in total. The van der Waals surface area contributed by atoms with Gasteiger partial charge in [0.15, 0.2) is 6.54 Å². The number of alkyl halides is 2. The summed E-state index contributed by atoms with van der Waals surface area (Å²) in [5, 5.41) is 4.85. The molecule has 0 unspecified atom stereocenters. The zero-order valence-electron chi connectivity index (χ0n) is 16.0. The maximum Gasteiger partial charge on any atom is 0.387 e. The molecule has 0 aromatic heterocycles. The third-order valence-electron chi connectivity index (χ3n) is 4.58. The SMILES string of the molecule is Cc1ccccc1NC(=O)C[NH2+][C@H](c1ccccc1)c1ccc(OC(F)F)cc1. The highest BCUT2D eigenvalue weighted by Crippen LogP contribution is 2.22. The molecule has 0 aliphatic carbocycles. The molecule has 0 spiro atoms. The van der Waals surface area contributed by atoms with Crippen molar-refractivity contribution in [2.75, 3.05) is 11.9 Å². The number of ether oxygens (including phenoxy) is 1. The number of rotatable bonds is 8. The van der Waals surface area contributed by atoms with Crippen LogP contribution in [0.5, 0.6) is 5.75 Å². The Morgan fingerprint density at radius 1 is 0.931 bits per heavy atom. The minimum Gasteiger partial charge on any atom is -0.435 e. The normalized spacial score (nSPS) is 11.9. The van der Waals surface area contributed by atoms with E-state index in [-0.39, 0.29) is 24.2 Å². The third-order valence-corrected chi connectivity index (χ3v) is 4.58. The Kier molecular flexibility index (Phi) is 6.92. The summed E-state index contributed by atoms with van der Waals surface area (Å²) in [6.45, 7) is -0.708. The second-order valence-corrected chi connectivity index (χ2v) is 6.64. The number of quaternary nitrogens is 1. The Morgan fingerprint density at radius 3 is 2.21 bits per heavy atom. The van der Waals surface area contributed by atoms with Crippen molar-refractivity contribution in [1.29, 1.82) is 0 Å². The molecule has 0 fully saturated rings. The monoisotopic (exact) mass is 397 g/mol. The molecule has 4 nitrogen and oxygen atoms in total. The molecule has 3 aromatic rings. The lowest BCUT2D eigenvalue weighted by molar-refractivity contribution is -0.676. The molecule has 0 saturated carbocycles. The quantitative estimate of drug-likeness (QED) is 0.606. The Bertz CT molecular complexity index is 931. The van der Waals surface area contributed by atoms with E-state index in [0.29, 0.717) is 0 Å². The van der Waals surface area contributed by atoms with Crippen LogP contribution in [0, 0.1) is 6.92 Å². The third kappa shape index (κ3) is 5.86. The first-order valence-corrected chi connectivity index (χ1v) is 9.31. The van der Waals surface area contributed by atoms with E-state index in [1.807, 2.05) is 66.8 Å². The molecule has 1 atom stereocenters. The zero-order valence-corrected chi connectivity index (χ0v) is 16.0. The first-order valence-electron chi connectivity index (χ1n) is 9.31. The molecule has 3 aromatic carbocycles. The van der Waals surface area contributed by atoms with Crippen LogP contribution in [-0.4, -0.2) is 19.1 Å². The minimum atomic E-state index is -2.86. The Labute approximate surface area is 168 Å². The highest BCUT2D eigenvalue weighted by Gasteiger charge is 2.19. The molecule has 3 rings (SSSR count). The summed E-state index contributed by atoms with van der Waals surface area (Å²) in [7, 11) is 0. The van der Waals surface area contributed by atoms with Crippen molar-refractivity contribution in [1.82, 2.24) is 0 Å². The lowest BCUT2D eigenvalue weighted by Gasteiger charge is -2.17. The van der Waals surface area contributed by atoms with Crippen LogP contribution in [0.15, 0.2) is 78.9 Å². The van der Waals surface area contributed by atoms with Gasteiger partial charge < -0.3 is 15.4 Å². The van der Waals surface area contributed by atoms with Crippen molar-refractivity contribution in [3.8, 4) is 5.75 Å². The highest BCUT2D eigenvalue weighted by molar-refractivity contribution is 5.92. The number of para-hydroxylation sites is 1. The van der Waals surface area contributed by atoms with Gasteiger partial charge in [-0.3, -0.25) is 4.79 Å². The van der Waals surface area contributed by atoms with Crippen LogP contribution in [0.4, 0.5) is 14.5 Å². The largest absolute Gasteiger partial charge is 0.435 e. The summed E-state index contributed by atoms with van der Waals surface area (Å²) in [6, 6.07) is 23.7. The number of amides is 1. The standard InChI is InChI=1S/C23H22F2N2O2/c1-16-7-5-6-10-20(16)27-21(28)15-26-22(17-8-3-2-4-9-17)18-11-13-19(14-12-18)29-23(24)25/h2-14,22-23,26H,15H2,1H3,(H,27,28)/p+1/t22-/m1/s1. The summed E-state index contributed by atoms with van der Waals surface area (Å²) in [6.07, 6.45) is 0. The van der Waals surface area contributed by atoms with Crippen LogP contribution in [0.25, 0.3) is 0 Å². The van der Waals surface area contributed by atoms with Gasteiger partial charge in [-0.2, -0.15) is 8.78 Å². The predicted octanol–water partition coefficient (Wildman–Crippen LogP) is 3.89. The van der Waals surface area contributed by atoms with Crippen LogP contribution in [0.1, 0.15) is 22.7 Å². The molecule has 0 aliphatic rings. The van der Waals surface area contributed by atoms with E-state index >= 15 is 0 Å². The summed E-state index contributed by atoms with van der Waals surface area (Å²) in [5.41, 5.74) is 3.69. The van der Waals surface area contributed by atoms with Crippen molar-refractivity contribution in [3.05, 3.63) is 95.6 Å². The number of hydrogen-bond donors (Lipinski definition) is 2. The predicted molar refractivity (Wildman–Crippen MR) is 108 cm³/mol. The number of nitrogens with two attached hydrogens (primary N) is 1. The number of hydrogen-bond acceptors (Lipinski definition) is 2. The topological polar surface area (TPSA) is 54.9 Å². The fraction of sp³-hybridized carbons (Fsp3) is 0.174. The van der Waals surface area contributed by atoms with Crippen molar-refractivity contribution < 1.29 is 23.6 Å². The van der Waals surface area contributed by atoms with Gasteiger partial charge in [0.2, 0.25) is 0 Å². The van der Waals surface area contributed by atoms with Crippen LogP contribution < -0.4 is 15.4 Å². The molecule has 0 bridgehead atoms. The average Bonchev–Trinajstić information content (AvgIpc) is 2.71. The number of halogens is 2. The number of aryl methyl sites for hydroxylation is 1. The van der Waals surface area contributed by atoms with E-state index in [1.165, 1.54) is 12.1 Å². The fourth-order valence-corrected chi connectivity index (χ4v) is 3.12. The number of carbonyl (C=O) groups excluding carboxylic acids is 1. The molecule has 0 radical (unpaired) electrons. The molecule has 6 heteroatoms. The van der Waals surface area contributed by atoms with E-state index in [1.54, 1.807) is 12.1 Å². The van der Waals surface area contributed by atoms with E-state index < -0.39 is 6.61 Å². The van der Waals surface area contributed by atoms with Gasteiger partial charge in [-0.25, -0.2) is 0 Å². The second kappa shape index (κ2) is 9.80. The number of anilines is 1. The molecule has 0 heterocycles. The smallest absolute Gasteiger partial charge is 0.387 e. The van der Waals surface area contributed by atoms with Gasteiger partial charge >= 0.3 is 6.61 Å². The first kappa shape index (κ1) is 20.5. The number of carbonyl (C=O) groups is 1. The zero-order chi connectivity index (χ0) is 20.6. The van der Waals surface area contributed by atoms with Gasteiger partial charge in [0.05, 0.1) is 0 Å². The van der Waals surface area contributed by atoms with E-state index in [9.17, 15) is 13.6 Å².